The molecule has 1 amide bonds. The van der Waals surface area contributed by atoms with Crippen molar-refractivity contribution in [1.29, 1.82) is 0 Å². The third-order valence-corrected chi connectivity index (χ3v) is 6.18. The lowest BCUT2D eigenvalue weighted by Crippen LogP contribution is -2.45. The van der Waals surface area contributed by atoms with Crippen LogP contribution in [0.2, 0.25) is 0 Å². The number of amides is 1. The van der Waals surface area contributed by atoms with Crippen LogP contribution in [0.3, 0.4) is 0 Å². The maximum Gasteiger partial charge on any atom is 0.269 e. The molecule has 2 heterocycles. The minimum Gasteiger partial charge on any atom is -0.378 e. The van der Waals surface area contributed by atoms with Gasteiger partial charge in [0.05, 0.1) is 18.1 Å². The number of morpholine rings is 1. The Labute approximate surface area is 181 Å². The molecule has 1 aliphatic carbocycles. The van der Waals surface area contributed by atoms with E-state index in [1.807, 2.05) is 20.8 Å². The molecule has 0 aromatic heterocycles. The van der Waals surface area contributed by atoms with E-state index in [1.165, 1.54) is 12.1 Å². The highest BCUT2D eigenvalue weighted by atomic mass is 16.6. The number of hydrogen-bond acceptors (Lipinski definition) is 6. The van der Waals surface area contributed by atoms with Crippen LogP contribution in [0.25, 0.3) is 0 Å². The van der Waals surface area contributed by atoms with Crippen LogP contribution in [0.15, 0.2) is 46.8 Å². The number of ketones is 1. The molecule has 8 heteroatoms. The van der Waals surface area contributed by atoms with Gasteiger partial charge in [0.15, 0.2) is 5.78 Å². The number of rotatable bonds is 3. The molecular formula is C23H27N3O5. The lowest BCUT2D eigenvalue weighted by molar-refractivity contribution is -0.384. The van der Waals surface area contributed by atoms with Crippen molar-refractivity contribution in [1.82, 2.24) is 10.2 Å². The van der Waals surface area contributed by atoms with E-state index in [9.17, 15) is 19.7 Å². The maximum absolute atomic E-state index is 13.6. The zero-order valence-corrected chi connectivity index (χ0v) is 18.1. The number of ether oxygens (including phenoxy) is 1. The molecule has 3 aliphatic rings. The van der Waals surface area contributed by atoms with Gasteiger partial charge in [0.25, 0.3) is 11.6 Å². The number of hydrogen-bond donors (Lipinski definition) is 1. The molecule has 0 bridgehead atoms. The molecule has 2 aliphatic heterocycles. The van der Waals surface area contributed by atoms with Gasteiger partial charge >= 0.3 is 0 Å². The fourth-order valence-corrected chi connectivity index (χ4v) is 4.81. The van der Waals surface area contributed by atoms with Crippen molar-refractivity contribution in [3.8, 4) is 0 Å². The Balaban J connectivity index is 1.86. The molecule has 1 unspecified atom stereocenters. The van der Waals surface area contributed by atoms with E-state index in [2.05, 4.69) is 5.32 Å². The Morgan fingerprint density at radius 3 is 2.65 bits per heavy atom. The first-order valence-corrected chi connectivity index (χ1v) is 10.5. The number of Topliss-reactive ketones (excluding diaryl/α,β-unsaturated/α-hetero) is 1. The SMILES string of the molecule is CC1=C(C(=O)N2CCOCC2)C(c2cccc([N+](=O)[O-])c2)C2=C(CC(C)(C)CC2=O)N1. The molecule has 31 heavy (non-hydrogen) atoms. The van der Waals surface area contributed by atoms with Gasteiger partial charge in [-0.1, -0.05) is 26.0 Å². The van der Waals surface area contributed by atoms with Gasteiger partial charge < -0.3 is 15.0 Å². The number of nitrogens with one attached hydrogen (secondary N) is 1. The van der Waals surface area contributed by atoms with E-state index in [0.717, 1.165) is 5.70 Å². The maximum atomic E-state index is 13.6. The Bertz CT molecular complexity index is 1020. The van der Waals surface area contributed by atoms with E-state index in [1.54, 1.807) is 17.0 Å². The van der Waals surface area contributed by atoms with E-state index < -0.39 is 10.8 Å². The highest BCUT2D eigenvalue weighted by Gasteiger charge is 2.43. The summed E-state index contributed by atoms with van der Waals surface area (Å²) in [5.74, 6) is -0.806. The summed E-state index contributed by atoms with van der Waals surface area (Å²) in [5.41, 5.74) is 2.88. The number of non-ortho nitro benzene ring substituents is 1. The zero-order chi connectivity index (χ0) is 22.3. The van der Waals surface area contributed by atoms with Crippen LogP contribution in [0.1, 0.15) is 45.1 Å². The van der Waals surface area contributed by atoms with Crippen LogP contribution in [0.5, 0.6) is 0 Å². The molecule has 0 radical (unpaired) electrons. The minimum absolute atomic E-state index is 0.0185. The van der Waals surface area contributed by atoms with Gasteiger partial charge in [0.2, 0.25) is 0 Å². The van der Waals surface area contributed by atoms with Crippen LogP contribution in [-0.2, 0) is 14.3 Å². The number of carbonyl (C=O) groups is 2. The molecular weight excluding hydrogens is 398 g/mol. The lowest BCUT2D eigenvalue weighted by Gasteiger charge is -2.40. The van der Waals surface area contributed by atoms with Gasteiger partial charge in [-0.25, -0.2) is 0 Å². The van der Waals surface area contributed by atoms with Crippen molar-refractivity contribution in [2.24, 2.45) is 5.41 Å². The second-order valence-electron chi connectivity index (χ2n) is 9.19. The lowest BCUT2D eigenvalue weighted by atomic mass is 9.68. The molecule has 1 aromatic rings. The highest BCUT2D eigenvalue weighted by molar-refractivity contribution is 6.05. The fraction of sp³-hybridized carbons (Fsp3) is 0.478. The molecule has 0 spiro atoms. The van der Waals surface area contributed by atoms with Gasteiger partial charge in [-0.2, -0.15) is 0 Å². The monoisotopic (exact) mass is 425 g/mol. The van der Waals surface area contributed by atoms with E-state index in [0.29, 0.717) is 61.6 Å². The first kappa shape index (κ1) is 21.2. The average Bonchev–Trinajstić information content (AvgIpc) is 2.72. The van der Waals surface area contributed by atoms with Crippen molar-refractivity contribution in [3.63, 3.8) is 0 Å². The third-order valence-electron chi connectivity index (χ3n) is 6.18. The first-order valence-electron chi connectivity index (χ1n) is 10.5. The minimum atomic E-state index is -0.630. The number of allylic oxidation sites excluding steroid dienone is 3. The molecule has 8 nitrogen and oxygen atoms in total. The molecule has 1 fully saturated rings. The summed E-state index contributed by atoms with van der Waals surface area (Å²) < 4.78 is 5.38. The second-order valence-corrected chi connectivity index (χ2v) is 9.19. The number of nitro benzene ring substituents is 1. The summed E-state index contributed by atoms with van der Waals surface area (Å²) in [5, 5.41) is 14.7. The van der Waals surface area contributed by atoms with Gasteiger partial charge in [-0.05, 0) is 24.3 Å². The smallest absolute Gasteiger partial charge is 0.269 e. The zero-order valence-electron chi connectivity index (χ0n) is 18.1. The van der Waals surface area contributed by atoms with E-state index in [-0.39, 0.29) is 22.8 Å². The van der Waals surface area contributed by atoms with Gasteiger partial charge in [-0.3, -0.25) is 19.7 Å². The predicted molar refractivity (Wildman–Crippen MR) is 114 cm³/mol. The van der Waals surface area contributed by atoms with E-state index in [4.69, 9.17) is 4.74 Å². The summed E-state index contributed by atoms with van der Waals surface area (Å²) in [6, 6.07) is 6.28. The van der Waals surface area contributed by atoms with Gasteiger partial charge in [0, 0.05) is 60.1 Å². The fourth-order valence-electron chi connectivity index (χ4n) is 4.81. The largest absolute Gasteiger partial charge is 0.378 e. The highest BCUT2D eigenvalue weighted by Crippen LogP contribution is 2.47. The first-order chi connectivity index (χ1) is 14.7. The van der Waals surface area contributed by atoms with Crippen LogP contribution in [0.4, 0.5) is 5.69 Å². The van der Waals surface area contributed by atoms with Crippen LogP contribution in [0, 0.1) is 15.5 Å². The van der Waals surface area contributed by atoms with Gasteiger partial charge in [0.1, 0.15) is 0 Å². The number of carbonyl (C=O) groups excluding carboxylic acids is 2. The van der Waals surface area contributed by atoms with Crippen molar-refractivity contribution >= 4 is 17.4 Å². The molecule has 0 saturated carbocycles. The quantitative estimate of drug-likeness (QED) is 0.590. The summed E-state index contributed by atoms with van der Waals surface area (Å²) in [4.78, 5) is 39.6. The number of benzene rings is 1. The molecule has 1 aromatic carbocycles. The molecule has 1 saturated heterocycles. The molecule has 164 valence electrons. The molecule has 1 N–H and O–H groups in total. The van der Waals surface area contributed by atoms with Crippen molar-refractivity contribution in [2.45, 2.75) is 39.5 Å². The standard InChI is InChI=1S/C23H27N3O5/c1-14-19(22(28)25-7-9-31-10-8-25)20(15-5-4-6-16(11-15)26(29)30)21-17(24-14)12-23(2,3)13-18(21)27/h4-6,11,20,24H,7-10,12-13H2,1-3H3. The van der Waals surface area contributed by atoms with Crippen LogP contribution in [-0.4, -0.2) is 47.8 Å². The molecule has 4 rings (SSSR count). The molecule has 1 atom stereocenters. The van der Waals surface area contributed by atoms with E-state index >= 15 is 0 Å². The average molecular weight is 425 g/mol. The summed E-state index contributed by atoms with van der Waals surface area (Å²) in [7, 11) is 0. The third kappa shape index (κ3) is 3.99. The topological polar surface area (TPSA) is 102 Å². The summed E-state index contributed by atoms with van der Waals surface area (Å²) in [6.45, 7) is 7.82. The normalized spacial score (nSPS) is 23.4. The van der Waals surface area contributed by atoms with Crippen LogP contribution < -0.4 is 5.32 Å². The Kier molecular flexibility index (Phi) is 5.43. The van der Waals surface area contributed by atoms with Crippen molar-refractivity contribution in [2.75, 3.05) is 26.3 Å². The summed E-state index contributed by atoms with van der Waals surface area (Å²) in [6.07, 6.45) is 1.05. The predicted octanol–water partition coefficient (Wildman–Crippen LogP) is 3.06. The number of dihydropyridines is 1. The van der Waals surface area contributed by atoms with Crippen molar-refractivity contribution < 1.29 is 19.2 Å². The Morgan fingerprint density at radius 2 is 1.97 bits per heavy atom. The Morgan fingerprint density at radius 1 is 1.26 bits per heavy atom. The Hall–Kier alpha value is -3.00. The van der Waals surface area contributed by atoms with Gasteiger partial charge in [-0.15, -0.1) is 0 Å². The van der Waals surface area contributed by atoms with Crippen molar-refractivity contribution in [3.05, 3.63) is 62.5 Å². The number of nitrogens with zero attached hydrogens (tertiary/aromatic N) is 2. The number of nitro groups is 1. The van der Waals surface area contributed by atoms with Crippen LogP contribution >= 0.6 is 0 Å². The second kappa shape index (κ2) is 7.92. The summed E-state index contributed by atoms with van der Waals surface area (Å²) >= 11 is 0.